The molecule has 0 saturated heterocycles. The number of fused-ring (bicyclic) bond motifs is 1. The van der Waals surface area contributed by atoms with Crippen LogP contribution in [0.25, 0.3) is 0 Å². The van der Waals surface area contributed by atoms with Gasteiger partial charge in [0.1, 0.15) is 10.8 Å². The van der Waals surface area contributed by atoms with Crippen molar-refractivity contribution in [3.05, 3.63) is 33.5 Å². The Morgan fingerprint density at radius 1 is 1.46 bits per heavy atom. The summed E-state index contributed by atoms with van der Waals surface area (Å²) in [5.74, 6) is -0.621. The van der Waals surface area contributed by atoms with Gasteiger partial charge in [0.25, 0.3) is 11.8 Å². The second-order valence-corrected chi connectivity index (χ2v) is 6.82. The number of carbonyl (C=O) groups is 3. The van der Waals surface area contributed by atoms with Crippen molar-refractivity contribution in [1.82, 2.24) is 10.1 Å². The Hall–Kier alpha value is -2.88. The Morgan fingerprint density at radius 2 is 2.23 bits per heavy atom. The molecule has 0 saturated carbocycles. The van der Waals surface area contributed by atoms with Gasteiger partial charge in [-0.1, -0.05) is 5.16 Å². The van der Waals surface area contributed by atoms with Crippen LogP contribution in [0.1, 0.15) is 44.0 Å². The van der Waals surface area contributed by atoms with Gasteiger partial charge in [0.05, 0.1) is 18.7 Å². The fourth-order valence-electron chi connectivity index (χ4n) is 2.76. The number of nitrogens with two attached hydrogens (primary N) is 1. The van der Waals surface area contributed by atoms with Gasteiger partial charge in [-0.15, -0.1) is 11.3 Å². The molecule has 3 rings (SSSR count). The Kier molecular flexibility index (Phi) is 4.94. The molecule has 1 aliphatic heterocycles. The van der Waals surface area contributed by atoms with E-state index in [1.54, 1.807) is 18.7 Å². The molecule has 138 valence electrons. The predicted octanol–water partition coefficient (Wildman–Crippen LogP) is 1.91. The molecule has 3 amide bonds. The molecule has 0 spiro atoms. The highest BCUT2D eigenvalue weighted by Gasteiger charge is 2.30. The minimum Gasteiger partial charge on any atom is -0.450 e. The molecule has 0 atom stereocenters. The number of anilines is 1. The average Bonchev–Trinajstić information content (AvgIpc) is 3.17. The van der Waals surface area contributed by atoms with E-state index in [0.717, 1.165) is 10.4 Å². The van der Waals surface area contributed by atoms with Gasteiger partial charge in [0.15, 0.2) is 5.69 Å². The highest BCUT2D eigenvalue weighted by Crippen LogP contribution is 2.37. The van der Waals surface area contributed by atoms with Crippen LogP contribution >= 0.6 is 11.3 Å². The number of nitrogens with zero attached hydrogens (tertiary/aromatic N) is 2. The standard InChI is InChI=1S/C16H18N4O5S/c1-3-24-16(23)20-5-4-9-11(7-20)26-15(12(9)13(17)21)18-14(22)10-6-8(2)25-19-10/h6H,3-5,7H2,1-2H3,(H2,17,21)(H,18,22). The number of ether oxygens (including phenoxy) is 1. The van der Waals surface area contributed by atoms with Crippen molar-refractivity contribution >= 4 is 34.2 Å². The van der Waals surface area contributed by atoms with Crippen LogP contribution < -0.4 is 11.1 Å². The van der Waals surface area contributed by atoms with E-state index < -0.39 is 17.9 Å². The molecule has 10 heteroatoms. The quantitative estimate of drug-likeness (QED) is 0.836. The first-order chi connectivity index (χ1) is 12.4. The lowest BCUT2D eigenvalue weighted by Crippen LogP contribution is -2.36. The summed E-state index contributed by atoms with van der Waals surface area (Å²) in [6.07, 6.45) is 0.0535. The molecule has 0 unspecified atom stereocenters. The summed E-state index contributed by atoms with van der Waals surface area (Å²) in [7, 11) is 0. The normalized spacial score (nSPS) is 13.2. The number of hydrogen-bond acceptors (Lipinski definition) is 7. The number of carbonyl (C=O) groups excluding carboxylic acids is 3. The van der Waals surface area contributed by atoms with Gasteiger partial charge < -0.3 is 25.2 Å². The summed E-state index contributed by atoms with van der Waals surface area (Å²) < 4.78 is 9.91. The molecule has 0 aromatic carbocycles. The molecule has 9 nitrogen and oxygen atoms in total. The van der Waals surface area contributed by atoms with Crippen molar-refractivity contribution < 1.29 is 23.6 Å². The largest absolute Gasteiger partial charge is 0.450 e. The Morgan fingerprint density at radius 3 is 2.85 bits per heavy atom. The van der Waals surface area contributed by atoms with Gasteiger partial charge in [-0.3, -0.25) is 9.59 Å². The lowest BCUT2D eigenvalue weighted by Gasteiger charge is -2.26. The number of thiophene rings is 1. The van der Waals surface area contributed by atoms with E-state index in [1.165, 1.54) is 17.4 Å². The summed E-state index contributed by atoms with van der Waals surface area (Å²) in [5, 5.41) is 6.67. The van der Waals surface area contributed by atoms with Gasteiger partial charge in [0, 0.05) is 17.5 Å². The van der Waals surface area contributed by atoms with Crippen LogP contribution in [-0.2, 0) is 17.7 Å². The topological polar surface area (TPSA) is 128 Å². The molecule has 26 heavy (non-hydrogen) atoms. The Labute approximate surface area is 153 Å². The second kappa shape index (κ2) is 7.16. The van der Waals surface area contributed by atoms with Crippen LogP contribution in [-0.4, -0.2) is 41.1 Å². The first-order valence-corrected chi connectivity index (χ1v) is 8.83. The lowest BCUT2D eigenvalue weighted by atomic mass is 10.0. The van der Waals surface area contributed by atoms with Gasteiger partial charge in [-0.05, 0) is 25.8 Å². The van der Waals surface area contributed by atoms with E-state index in [4.69, 9.17) is 15.0 Å². The first-order valence-electron chi connectivity index (χ1n) is 8.01. The van der Waals surface area contributed by atoms with Crippen LogP contribution in [0, 0.1) is 6.92 Å². The maximum absolute atomic E-state index is 12.3. The third kappa shape index (κ3) is 3.40. The highest BCUT2D eigenvalue weighted by atomic mass is 32.1. The average molecular weight is 378 g/mol. The molecule has 0 aliphatic carbocycles. The summed E-state index contributed by atoms with van der Waals surface area (Å²) in [4.78, 5) is 38.5. The van der Waals surface area contributed by atoms with Crippen molar-refractivity contribution in [2.45, 2.75) is 26.8 Å². The predicted molar refractivity (Wildman–Crippen MR) is 93.2 cm³/mol. The van der Waals surface area contributed by atoms with Crippen LogP contribution in [0.2, 0.25) is 0 Å². The van der Waals surface area contributed by atoms with Crippen LogP contribution in [0.4, 0.5) is 9.80 Å². The van der Waals surface area contributed by atoms with Gasteiger partial charge in [-0.2, -0.15) is 0 Å². The number of rotatable bonds is 4. The van der Waals surface area contributed by atoms with Gasteiger partial charge >= 0.3 is 6.09 Å². The Bertz CT molecular complexity index is 872. The minimum atomic E-state index is -0.626. The Balaban J connectivity index is 1.87. The fourth-order valence-corrected chi connectivity index (χ4v) is 4.03. The summed E-state index contributed by atoms with van der Waals surface area (Å²) in [5.41, 5.74) is 6.67. The van der Waals surface area contributed by atoms with Gasteiger partial charge in [-0.25, -0.2) is 4.79 Å². The SMILES string of the molecule is CCOC(=O)N1CCc2c(sc(NC(=O)c3cc(C)on3)c2C(N)=O)C1. The minimum absolute atomic E-state index is 0.109. The number of hydrogen-bond donors (Lipinski definition) is 2. The third-order valence-corrected chi connectivity index (χ3v) is 5.05. The molecule has 1 aliphatic rings. The van der Waals surface area contributed by atoms with E-state index in [-0.39, 0.29) is 17.9 Å². The van der Waals surface area contributed by atoms with E-state index in [1.807, 2.05) is 0 Å². The van der Waals surface area contributed by atoms with E-state index in [0.29, 0.717) is 30.3 Å². The molecule has 3 heterocycles. The number of amides is 3. The molecular weight excluding hydrogens is 360 g/mol. The van der Waals surface area contributed by atoms with E-state index in [9.17, 15) is 14.4 Å². The number of primary amides is 1. The lowest BCUT2D eigenvalue weighted by molar-refractivity contribution is 0.0997. The smallest absolute Gasteiger partial charge is 0.410 e. The summed E-state index contributed by atoms with van der Waals surface area (Å²) in [6.45, 7) is 4.42. The molecule has 2 aromatic heterocycles. The monoisotopic (exact) mass is 378 g/mol. The maximum atomic E-state index is 12.3. The molecule has 2 aromatic rings. The van der Waals surface area contributed by atoms with Crippen molar-refractivity contribution in [3.63, 3.8) is 0 Å². The first kappa shape index (κ1) is 17.9. The summed E-state index contributed by atoms with van der Waals surface area (Å²) in [6, 6.07) is 1.50. The molecular formula is C16H18N4O5S. The maximum Gasteiger partial charge on any atom is 0.410 e. The number of nitrogens with one attached hydrogen (secondary N) is 1. The highest BCUT2D eigenvalue weighted by molar-refractivity contribution is 7.17. The van der Waals surface area contributed by atoms with Crippen molar-refractivity contribution in [2.24, 2.45) is 5.73 Å². The zero-order valence-corrected chi connectivity index (χ0v) is 15.1. The molecule has 0 bridgehead atoms. The van der Waals surface area contributed by atoms with Crippen molar-refractivity contribution in [1.29, 1.82) is 0 Å². The van der Waals surface area contributed by atoms with Gasteiger partial charge in [0.2, 0.25) is 0 Å². The van der Waals surface area contributed by atoms with Crippen LogP contribution in [0.3, 0.4) is 0 Å². The molecule has 0 fully saturated rings. The molecule has 3 N–H and O–H groups in total. The van der Waals surface area contributed by atoms with Crippen LogP contribution in [0.5, 0.6) is 0 Å². The third-order valence-electron chi connectivity index (χ3n) is 3.92. The molecule has 0 radical (unpaired) electrons. The van der Waals surface area contributed by atoms with Crippen LogP contribution in [0.15, 0.2) is 10.6 Å². The van der Waals surface area contributed by atoms with Crippen molar-refractivity contribution in [3.8, 4) is 0 Å². The van der Waals surface area contributed by atoms with Crippen molar-refractivity contribution in [2.75, 3.05) is 18.5 Å². The number of aryl methyl sites for hydroxylation is 1. The fraction of sp³-hybridized carbons (Fsp3) is 0.375. The van der Waals surface area contributed by atoms with E-state index in [2.05, 4.69) is 10.5 Å². The van der Waals surface area contributed by atoms with E-state index >= 15 is 0 Å². The second-order valence-electron chi connectivity index (χ2n) is 5.72. The number of aromatic nitrogens is 1. The summed E-state index contributed by atoms with van der Waals surface area (Å²) >= 11 is 1.22. The zero-order valence-electron chi connectivity index (χ0n) is 14.3. The zero-order chi connectivity index (χ0) is 18.8.